The van der Waals surface area contributed by atoms with Crippen molar-refractivity contribution in [3.8, 4) is 0 Å². The van der Waals surface area contributed by atoms with Crippen LogP contribution in [0.25, 0.3) is 0 Å². The zero-order valence-corrected chi connectivity index (χ0v) is 6.64. The molecule has 1 aliphatic heterocycles. The van der Waals surface area contributed by atoms with Crippen molar-refractivity contribution < 1.29 is 0 Å². The van der Waals surface area contributed by atoms with Gasteiger partial charge in [-0.15, -0.1) is 0 Å². The van der Waals surface area contributed by atoms with Crippen LogP contribution >= 0.6 is 0 Å². The number of hydrogen-bond acceptors (Lipinski definition) is 2. The van der Waals surface area contributed by atoms with Crippen molar-refractivity contribution >= 4 is 0 Å². The first-order valence-electron chi connectivity index (χ1n) is 3.88. The molecule has 1 heterocycles. The highest BCUT2D eigenvalue weighted by Crippen LogP contribution is 2.18. The first-order valence-corrected chi connectivity index (χ1v) is 3.88. The number of hydrogen-bond donors (Lipinski definition) is 1. The third-order valence-corrected chi connectivity index (χ3v) is 2.21. The van der Waals surface area contributed by atoms with Crippen molar-refractivity contribution in [2.45, 2.75) is 6.92 Å². The lowest BCUT2D eigenvalue weighted by atomic mass is 10.1. The Morgan fingerprint density at radius 3 is 2.80 bits per heavy atom. The fourth-order valence-corrected chi connectivity index (χ4v) is 1.40. The van der Waals surface area contributed by atoms with Crippen LogP contribution in [0, 0.1) is 5.92 Å². The van der Waals surface area contributed by atoms with Gasteiger partial charge in [0.25, 0.3) is 0 Å². The summed E-state index contributed by atoms with van der Waals surface area (Å²) in [6, 6.07) is 0. The Labute approximate surface area is 62.7 Å². The molecule has 0 amide bonds. The fraction of sp³-hybridized carbons (Fsp3) is 0.750. The van der Waals surface area contributed by atoms with E-state index in [0.29, 0.717) is 5.92 Å². The highest BCUT2D eigenvalue weighted by molar-refractivity contribution is 5.10. The molecule has 1 saturated heterocycles. The summed E-state index contributed by atoms with van der Waals surface area (Å²) in [6.07, 6.45) is 0. The molecule has 1 fully saturated rings. The maximum atomic E-state index is 5.55. The van der Waals surface area contributed by atoms with Crippen molar-refractivity contribution in [1.29, 1.82) is 0 Å². The van der Waals surface area contributed by atoms with Gasteiger partial charge in [-0.25, -0.2) is 0 Å². The molecule has 10 heavy (non-hydrogen) atoms. The van der Waals surface area contributed by atoms with Crippen LogP contribution in [0.2, 0.25) is 0 Å². The third kappa shape index (κ3) is 1.39. The van der Waals surface area contributed by atoms with Gasteiger partial charge in [0.15, 0.2) is 0 Å². The lowest BCUT2D eigenvalue weighted by Crippen LogP contribution is -2.22. The van der Waals surface area contributed by atoms with Crippen molar-refractivity contribution in [3.05, 3.63) is 12.2 Å². The molecule has 0 saturated carbocycles. The lowest BCUT2D eigenvalue weighted by molar-refractivity contribution is 0.344. The fourth-order valence-electron chi connectivity index (χ4n) is 1.40. The number of rotatable bonds is 2. The first kappa shape index (κ1) is 7.76. The smallest absolute Gasteiger partial charge is 0.0194 e. The average molecular weight is 140 g/mol. The van der Waals surface area contributed by atoms with E-state index in [4.69, 9.17) is 5.73 Å². The second-order valence-corrected chi connectivity index (χ2v) is 2.92. The molecule has 2 heteroatoms. The van der Waals surface area contributed by atoms with Crippen molar-refractivity contribution in [1.82, 2.24) is 4.90 Å². The molecular weight excluding hydrogens is 124 g/mol. The Bertz CT molecular complexity index is 131. The number of nitrogens with two attached hydrogens (primary N) is 1. The molecule has 1 aliphatic rings. The van der Waals surface area contributed by atoms with Crippen LogP contribution in [0.15, 0.2) is 12.2 Å². The first-order chi connectivity index (χ1) is 4.77. The molecule has 1 unspecified atom stereocenters. The van der Waals surface area contributed by atoms with E-state index in [-0.39, 0.29) is 0 Å². The summed E-state index contributed by atoms with van der Waals surface area (Å²) in [5, 5.41) is 0. The van der Waals surface area contributed by atoms with Crippen molar-refractivity contribution in [2.24, 2.45) is 11.7 Å². The van der Waals surface area contributed by atoms with Crippen LogP contribution in [-0.2, 0) is 0 Å². The Hall–Kier alpha value is -0.340. The molecule has 0 aromatic heterocycles. The summed E-state index contributed by atoms with van der Waals surface area (Å²) in [7, 11) is 0. The molecule has 2 nitrogen and oxygen atoms in total. The molecule has 0 bridgehead atoms. The molecular formula is C8H16N2. The van der Waals surface area contributed by atoms with Crippen LogP contribution in [-0.4, -0.2) is 31.1 Å². The second-order valence-electron chi connectivity index (χ2n) is 2.92. The molecule has 0 spiro atoms. The molecule has 0 aliphatic carbocycles. The van der Waals surface area contributed by atoms with E-state index in [1.54, 1.807) is 0 Å². The lowest BCUT2D eigenvalue weighted by Gasteiger charge is -2.10. The van der Waals surface area contributed by atoms with E-state index in [9.17, 15) is 0 Å². The highest BCUT2D eigenvalue weighted by atomic mass is 15.1. The number of likely N-dealkylation sites (tertiary alicyclic amines) is 1. The van der Waals surface area contributed by atoms with Crippen LogP contribution in [0.3, 0.4) is 0 Å². The van der Waals surface area contributed by atoms with E-state index < -0.39 is 0 Å². The molecule has 2 N–H and O–H groups in total. The summed E-state index contributed by atoms with van der Waals surface area (Å²) in [6.45, 7) is 10.2. The molecule has 1 atom stereocenters. The predicted molar refractivity (Wildman–Crippen MR) is 43.8 cm³/mol. The normalized spacial score (nSPS) is 27.8. The summed E-state index contributed by atoms with van der Waals surface area (Å²) in [5.41, 5.74) is 6.86. The minimum atomic E-state index is 0.556. The maximum Gasteiger partial charge on any atom is 0.0194 e. The van der Waals surface area contributed by atoms with E-state index in [1.165, 1.54) is 5.57 Å². The minimum absolute atomic E-state index is 0.556. The van der Waals surface area contributed by atoms with E-state index in [1.807, 2.05) is 0 Å². The quantitative estimate of drug-likeness (QED) is 0.564. The van der Waals surface area contributed by atoms with Crippen LogP contribution in [0.4, 0.5) is 0 Å². The molecule has 58 valence electrons. The molecule has 0 aromatic carbocycles. The summed E-state index contributed by atoms with van der Waals surface area (Å²) in [4.78, 5) is 2.37. The zero-order valence-electron chi connectivity index (χ0n) is 6.64. The Morgan fingerprint density at radius 1 is 1.80 bits per heavy atom. The van der Waals surface area contributed by atoms with Gasteiger partial charge >= 0.3 is 0 Å². The second kappa shape index (κ2) is 3.17. The Morgan fingerprint density at radius 2 is 2.50 bits per heavy atom. The van der Waals surface area contributed by atoms with Crippen LogP contribution in [0.1, 0.15) is 6.92 Å². The van der Waals surface area contributed by atoms with Crippen LogP contribution in [0.5, 0.6) is 0 Å². The Kier molecular flexibility index (Phi) is 2.46. The van der Waals surface area contributed by atoms with Gasteiger partial charge in [-0.05, 0) is 6.54 Å². The number of likely N-dealkylation sites (N-methyl/N-ethyl adjacent to an activating group) is 1. The summed E-state index contributed by atoms with van der Waals surface area (Å²) >= 11 is 0. The van der Waals surface area contributed by atoms with E-state index >= 15 is 0 Å². The third-order valence-electron chi connectivity index (χ3n) is 2.21. The molecule has 0 radical (unpaired) electrons. The van der Waals surface area contributed by atoms with Crippen molar-refractivity contribution in [3.63, 3.8) is 0 Å². The topological polar surface area (TPSA) is 29.3 Å². The van der Waals surface area contributed by atoms with Crippen molar-refractivity contribution in [2.75, 3.05) is 26.2 Å². The van der Waals surface area contributed by atoms with Gasteiger partial charge < -0.3 is 5.73 Å². The van der Waals surface area contributed by atoms with Gasteiger partial charge in [-0.3, -0.25) is 4.90 Å². The predicted octanol–water partition coefficient (Wildman–Crippen LogP) is 0.453. The van der Waals surface area contributed by atoms with Gasteiger partial charge in [0.1, 0.15) is 0 Å². The minimum Gasteiger partial charge on any atom is -0.330 e. The van der Waals surface area contributed by atoms with Gasteiger partial charge in [0.2, 0.25) is 0 Å². The largest absolute Gasteiger partial charge is 0.330 e. The highest BCUT2D eigenvalue weighted by Gasteiger charge is 2.22. The zero-order chi connectivity index (χ0) is 7.56. The van der Waals surface area contributed by atoms with E-state index in [0.717, 1.165) is 26.2 Å². The Balaban J connectivity index is 2.44. The van der Waals surface area contributed by atoms with E-state index in [2.05, 4.69) is 18.4 Å². The summed E-state index contributed by atoms with van der Waals surface area (Å²) < 4.78 is 0. The maximum absolute atomic E-state index is 5.55. The SMILES string of the molecule is C=C1CN(CC)CC1CN. The molecule has 1 rings (SSSR count). The number of nitrogens with zero attached hydrogens (tertiary/aromatic N) is 1. The average Bonchev–Trinajstić information content (AvgIpc) is 2.30. The van der Waals surface area contributed by atoms with Crippen LogP contribution < -0.4 is 5.73 Å². The molecule has 0 aromatic rings. The summed E-state index contributed by atoms with van der Waals surface area (Å²) in [5.74, 6) is 0.556. The van der Waals surface area contributed by atoms with Gasteiger partial charge in [-0.2, -0.15) is 0 Å². The standard InChI is InChI=1S/C8H16N2/c1-3-10-5-7(2)8(4-9)6-10/h8H,2-6,9H2,1H3. The van der Waals surface area contributed by atoms with Gasteiger partial charge in [0.05, 0.1) is 0 Å². The van der Waals surface area contributed by atoms with Gasteiger partial charge in [-0.1, -0.05) is 19.1 Å². The monoisotopic (exact) mass is 140 g/mol. The van der Waals surface area contributed by atoms with Gasteiger partial charge in [0, 0.05) is 25.6 Å².